The van der Waals surface area contributed by atoms with Gasteiger partial charge in [0.1, 0.15) is 12.4 Å². The van der Waals surface area contributed by atoms with Crippen molar-refractivity contribution < 1.29 is 9.53 Å². The highest BCUT2D eigenvalue weighted by Gasteiger charge is 2.06. The topological polar surface area (TPSA) is 52.3 Å². The SMILES string of the molecule is NC(=O)C=Cc1cc(-c2ccccc2)ccc1OCc1ccccc1. The van der Waals surface area contributed by atoms with Gasteiger partial charge >= 0.3 is 0 Å². The Labute approximate surface area is 147 Å². The Morgan fingerprint density at radius 3 is 2.24 bits per heavy atom. The lowest BCUT2D eigenvalue weighted by atomic mass is 10.0. The zero-order valence-electron chi connectivity index (χ0n) is 13.8. The van der Waals surface area contributed by atoms with Crippen LogP contribution in [0, 0.1) is 0 Å². The van der Waals surface area contributed by atoms with Crippen LogP contribution in [0.1, 0.15) is 11.1 Å². The van der Waals surface area contributed by atoms with Gasteiger partial charge in [0, 0.05) is 11.6 Å². The molecule has 0 bridgehead atoms. The summed E-state index contributed by atoms with van der Waals surface area (Å²) >= 11 is 0. The number of rotatable bonds is 6. The molecule has 0 unspecified atom stereocenters. The summed E-state index contributed by atoms with van der Waals surface area (Å²) in [6.45, 7) is 0.461. The predicted octanol–water partition coefficient (Wildman–Crippen LogP) is 4.43. The molecule has 0 aliphatic carbocycles. The van der Waals surface area contributed by atoms with Gasteiger partial charge in [-0.3, -0.25) is 4.79 Å². The highest BCUT2D eigenvalue weighted by molar-refractivity contribution is 5.91. The minimum absolute atomic E-state index is 0.461. The number of benzene rings is 3. The molecule has 0 aliphatic rings. The molecule has 3 rings (SSSR count). The molecule has 3 aromatic rings. The van der Waals surface area contributed by atoms with Gasteiger partial charge in [0.25, 0.3) is 0 Å². The quantitative estimate of drug-likeness (QED) is 0.680. The Morgan fingerprint density at radius 2 is 1.56 bits per heavy atom. The van der Waals surface area contributed by atoms with Gasteiger partial charge in [-0.15, -0.1) is 0 Å². The van der Waals surface area contributed by atoms with E-state index < -0.39 is 5.91 Å². The first kappa shape index (κ1) is 16.5. The fourth-order valence-electron chi connectivity index (χ4n) is 2.53. The van der Waals surface area contributed by atoms with Crippen molar-refractivity contribution in [3.8, 4) is 16.9 Å². The van der Waals surface area contributed by atoms with Crippen LogP contribution in [-0.4, -0.2) is 5.91 Å². The van der Waals surface area contributed by atoms with Gasteiger partial charge in [-0.05, 0) is 34.9 Å². The van der Waals surface area contributed by atoms with Gasteiger partial charge < -0.3 is 10.5 Å². The predicted molar refractivity (Wildman–Crippen MR) is 101 cm³/mol. The summed E-state index contributed by atoms with van der Waals surface area (Å²) in [4.78, 5) is 11.1. The maximum absolute atomic E-state index is 11.1. The van der Waals surface area contributed by atoms with E-state index >= 15 is 0 Å². The third-order valence-electron chi connectivity index (χ3n) is 3.78. The zero-order chi connectivity index (χ0) is 17.5. The number of hydrogen-bond acceptors (Lipinski definition) is 2. The minimum atomic E-state index is -0.487. The van der Waals surface area contributed by atoms with E-state index in [0.717, 1.165) is 22.3 Å². The van der Waals surface area contributed by atoms with Crippen molar-refractivity contribution in [2.75, 3.05) is 0 Å². The Balaban J connectivity index is 1.89. The van der Waals surface area contributed by atoms with Crippen molar-refractivity contribution in [1.82, 2.24) is 0 Å². The second kappa shape index (κ2) is 7.97. The lowest BCUT2D eigenvalue weighted by Crippen LogP contribution is -2.05. The molecule has 2 N–H and O–H groups in total. The molecular formula is C22H19NO2. The molecule has 0 saturated carbocycles. The van der Waals surface area contributed by atoms with Crippen LogP contribution in [0.3, 0.4) is 0 Å². The number of nitrogens with two attached hydrogens (primary N) is 1. The molecule has 0 atom stereocenters. The third-order valence-corrected chi connectivity index (χ3v) is 3.78. The summed E-state index contributed by atoms with van der Waals surface area (Å²) in [7, 11) is 0. The van der Waals surface area contributed by atoms with Crippen molar-refractivity contribution in [2.24, 2.45) is 5.73 Å². The van der Waals surface area contributed by atoms with E-state index in [1.54, 1.807) is 6.08 Å². The van der Waals surface area contributed by atoms with E-state index in [1.165, 1.54) is 6.08 Å². The molecule has 124 valence electrons. The Bertz CT molecular complexity index is 871. The van der Waals surface area contributed by atoms with E-state index in [-0.39, 0.29) is 0 Å². The number of ether oxygens (including phenoxy) is 1. The molecule has 3 nitrogen and oxygen atoms in total. The largest absolute Gasteiger partial charge is 0.488 e. The molecule has 0 aliphatic heterocycles. The van der Waals surface area contributed by atoms with Crippen LogP contribution in [0.15, 0.2) is 84.9 Å². The van der Waals surface area contributed by atoms with E-state index in [0.29, 0.717) is 12.4 Å². The Kier molecular flexibility index (Phi) is 5.27. The number of carbonyl (C=O) groups is 1. The molecule has 0 aromatic heterocycles. The molecule has 0 radical (unpaired) electrons. The molecule has 25 heavy (non-hydrogen) atoms. The second-order valence-corrected chi connectivity index (χ2v) is 5.63. The van der Waals surface area contributed by atoms with Crippen LogP contribution >= 0.6 is 0 Å². The molecule has 0 fully saturated rings. The van der Waals surface area contributed by atoms with Crippen molar-refractivity contribution >= 4 is 12.0 Å². The lowest BCUT2D eigenvalue weighted by Gasteiger charge is -2.11. The van der Waals surface area contributed by atoms with Gasteiger partial charge in [-0.2, -0.15) is 0 Å². The van der Waals surface area contributed by atoms with Gasteiger partial charge in [-0.25, -0.2) is 0 Å². The third kappa shape index (κ3) is 4.58. The molecule has 3 heteroatoms. The van der Waals surface area contributed by atoms with Crippen molar-refractivity contribution in [1.29, 1.82) is 0 Å². The molecule has 1 amide bonds. The summed E-state index contributed by atoms with van der Waals surface area (Å²) < 4.78 is 5.94. The van der Waals surface area contributed by atoms with Gasteiger partial charge in [0.15, 0.2) is 0 Å². The monoisotopic (exact) mass is 329 g/mol. The Hall–Kier alpha value is -3.33. The van der Waals surface area contributed by atoms with Crippen molar-refractivity contribution in [3.05, 3.63) is 96.1 Å². The van der Waals surface area contributed by atoms with Gasteiger partial charge in [-0.1, -0.05) is 66.7 Å². The number of primary amides is 1. The average Bonchev–Trinajstić information content (AvgIpc) is 2.66. The van der Waals surface area contributed by atoms with E-state index in [9.17, 15) is 4.79 Å². The molecule has 0 saturated heterocycles. The fourth-order valence-corrected chi connectivity index (χ4v) is 2.53. The smallest absolute Gasteiger partial charge is 0.241 e. The van der Waals surface area contributed by atoms with Crippen LogP contribution in [0.4, 0.5) is 0 Å². The van der Waals surface area contributed by atoms with Crippen molar-refractivity contribution in [3.63, 3.8) is 0 Å². The average molecular weight is 329 g/mol. The minimum Gasteiger partial charge on any atom is -0.488 e. The fraction of sp³-hybridized carbons (Fsp3) is 0.0455. The van der Waals surface area contributed by atoms with Crippen molar-refractivity contribution in [2.45, 2.75) is 6.61 Å². The number of amides is 1. The molecule has 0 heterocycles. The first-order chi connectivity index (χ1) is 12.2. The van der Waals surface area contributed by atoms with Crippen LogP contribution in [0.5, 0.6) is 5.75 Å². The van der Waals surface area contributed by atoms with Crippen LogP contribution in [0.25, 0.3) is 17.2 Å². The Morgan fingerprint density at radius 1 is 0.880 bits per heavy atom. The molecule has 3 aromatic carbocycles. The highest BCUT2D eigenvalue weighted by atomic mass is 16.5. The standard InChI is InChI=1S/C22H19NO2/c23-22(24)14-12-20-15-19(18-9-5-2-6-10-18)11-13-21(20)25-16-17-7-3-1-4-8-17/h1-15H,16H2,(H2,23,24). The molecular weight excluding hydrogens is 310 g/mol. The number of hydrogen-bond donors (Lipinski definition) is 1. The number of carbonyl (C=O) groups excluding carboxylic acids is 1. The summed E-state index contributed by atoms with van der Waals surface area (Å²) in [6.07, 6.45) is 3.04. The van der Waals surface area contributed by atoms with Gasteiger partial charge in [0.05, 0.1) is 0 Å². The van der Waals surface area contributed by atoms with E-state index in [2.05, 4.69) is 0 Å². The maximum Gasteiger partial charge on any atom is 0.241 e. The van der Waals surface area contributed by atoms with Crippen LogP contribution in [0.2, 0.25) is 0 Å². The zero-order valence-corrected chi connectivity index (χ0v) is 13.8. The van der Waals surface area contributed by atoms with Gasteiger partial charge in [0.2, 0.25) is 5.91 Å². The normalized spacial score (nSPS) is 10.7. The summed E-state index contributed by atoms with van der Waals surface area (Å²) in [5, 5.41) is 0. The summed E-state index contributed by atoms with van der Waals surface area (Å²) in [5.41, 5.74) is 9.29. The first-order valence-corrected chi connectivity index (χ1v) is 8.06. The maximum atomic E-state index is 11.1. The second-order valence-electron chi connectivity index (χ2n) is 5.63. The van der Waals surface area contributed by atoms with E-state index in [4.69, 9.17) is 10.5 Å². The summed E-state index contributed by atoms with van der Waals surface area (Å²) in [5.74, 6) is 0.222. The van der Waals surface area contributed by atoms with Crippen LogP contribution < -0.4 is 10.5 Å². The summed E-state index contributed by atoms with van der Waals surface area (Å²) in [6, 6.07) is 25.9. The van der Waals surface area contributed by atoms with E-state index in [1.807, 2.05) is 78.9 Å². The first-order valence-electron chi connectivity index (χ1n) is 8.06. The molecule has 0 spiro atoms. The lowest BCUT2D eigenvalue weighted by molar-refractivity contribution is -0.113. The highest BCUT2D eigenvalue weighted by Crippen LogP contribution is 2.28. The van der Waals surface area contributed by atoms with Crippen LogP contribution in [-0.2, 0) is 11.4 Å².